The molecule has 16 heavy (non-hydrogen) atoms. The first kappa shape index (κ1) is 15.0. The van der Waals surface area contributed by atoms with Crippen LogP contribution in [0.4, 0.5) is 4.39 Å². The van der Waals surface area contributed by atoms with Gasteiger partial charge >= 0.3 is 21.1 Å². The van der Waals surface area contributed by atoms with Gasteiger partial charge in [0.15, 0.2) is 0 Å². The van der Waals surface area contributed by atoms with E-state index in [-0.39, 0.29) is 0 Å². The molecule has 1 N–H and O–H groups in total. The van der Waals surface area contributed by atoms with E-state index in [9.17, 15) is 22.4 Å². The lowest BCUT2D eigenvalue weighted by molar-refractivity contribution is -0.157. The van der Waals surface area contributed by atoms with Gasteiger partial charge in [-0.1, -0.05) is 0 Å². The highest BCUT2D eigenvalue weighted by Gasteiger charge is 2.54. The molecule has 1 unspecified atom stereocenters. The van der Waals surface area contributed by atoms with Crippen molar-refractivity contribution in [2.45, 2.75) is 38.3 Å². The molecule has 0 aromatic carbocycles. The SMILES string of the molecule is CC(=O)CC(F)(C(=O)OC(C)C)S(=O)(=O)O. The first-order valence-electron chi connectivity index (χ1n) is 4.37. The van der Waals surface area contributed by atoms with E-state index in [4.69, 9.17) is 4.55 Å². The molecule has 0 aliphatic heterocycles. The molecule has 0 saturated carbocycles. The predicted molar refractivity (Wildman–Crippen MR) is 51.9 cm³/mol. The Kier molecular flexibility index (Phi) is 4.56. The van der Waals surface area contributed by atoms with Gasteiger partial charge in [-0.3, -0.25) is 9.35 Å². The van der Waals surface area contributed by atoms with E-state index < -0.39 is 39.4 Å². The molecule has 0 radical (unpaired) electrons. The fourth-order valence-electron chi connectivity index (χ4n) is 0.891. The first-order chi connectivity index (χ1) is 7.00. The van der Waals surface area contributed by atoms with Crippen LogP contribution in [0, 0.1) is 0 Å². The molecule has 0 heterocycles. The van der Waals surface area contributed by atoms with Crippen LogP contribution in [-0.4, -0.2) is 35.8 Å². The van der Waals surface area contributed by atoms with Crippen LogP contribution in [-0.2, 0) is 24.4 Å². The summed E-state index contributed by atoms with van der Waals surface area (Å²) in [6, 6.07) is 0. The van der Waals surface area contributed by atoms with Crippen molar-refractivity contribution in [2.75, 3.05) is 0 Å². The number of rotatable bonds is 5. The second kappa shape index (κ2) is 4.88. The van der Waals surface area contributed by atoms with E-state index >= 15 is 0 Å². The van der Waals surface area contributed by atoms with Crippen LogP contribution in [0.2, 0.25) is 0 Å². The van der Waals surface area contributed by atoms with Crippen molar-refractivity contribution >= 4 is 21.9 Å². The van der Waals surface area contributed by atoms with Gasteiger partial charge in [-0.05, 0) is 20.8 Å². The van der Waals surface area contributed by atoms with Crippen LogP contribution in [0.15, 0.2) is 0 Å². The summed E-state index contributed by atoms with van der Waals surface area (Å²) in [4.78, 5) is 21.8. The number of carbonyl (C=O) groups is 2. The molecule has 0 aromatic rings. The summed E-state index contributed by atoms with van der Waals surface area (Å²) in [6.45, 7) is 3.63. The predicted octanol–water partition coefficient (Wildman–Crippen LogP) is 0.471. The Morgan fingerprint density at radius 2 is 1.88 bits per heavy atom. The molecule has 0 fully saturated rings. The molecular weight excluding hydrogens is 243 g/mol. The highest BCUT2D eigenvalue weighted by atomic mass is 32.2. The number of esters is 1. The molecule has 0 rings (SSSR count). The van der Waals surface area contributed by atoms with E-state index in [1.165, 1.54) is 13.8 Å². The van der Waals surface area contributed by atoms with Gasteiger partial charge in [0.25, 0.3) is 0 Å². The standard InChI is InChI=1S/C8H13FO6S/c1-5(2)15-7(11)8(9,4-6(3)10)16(12,13)14/h5H,4H2,1-3H3,(H,12,13,14). The average molecular weight is 256 g/mol. The van der Waals surface area contributed by atoms with Crippen LogP contribution < -0.4 is 0 Å². The fourth-order valence-corrected chi connectivity index (χ4v) is 1.54. The van der Waals surface area contributed by atoms with Gasteiger partial charge in [0.2, 0.25) is 0 Å². The third-order valence-electron chi connectivity index (χ3n) is 1.53. The van der Waals surface area contributed by atoms with Gasteiger partial charge in [0, 0.05) is 0 Å². The van der Waals surface area contributed by atoms with E-state index in [1.54, 1.807) is 0 Å². The lowest BCUT2D eigenvalue weighted by atomic mass is 10.2. The Balaban J connectivity index is 5.25. The second-order valence-corrected chi connectivity index (χ2v) is 5.13. The van der Waals surface area contributed by atoms with Gasteiger partial charge in [-0.15, -0.1) is 0 Å². The summed E-state index contributed by atoms with van der Waals surface area (Å²) in [5.41, 5.74) is 0. The maximum atomic E-state index is 13.8. The van der Waals surface area contributed by atoms with Crippen molar-refractivity contribution < 1.29 is 31.7 Å². The number of hydrogen-bond acceptors (Lipinski definition) is 5. The lowest BCUT2D eigenvalue weighted by Gasteiger charge is -2.20. The molecule has 0 bridgehead atoms. The first-order valence-corrected chi connectivity index (χ1v) is 5.81. The highest BCUT2D eigenvalue weighted by molar-refractivity contribution is 7.87. The van der Waals surface area contributed by atoms with Gasteiger partial charge in [0.05, 0.1) is 12.5 Å². The van der Waals surface area contributed by atoms with E-state index in [1.807, 2.05) is 0 Å². The zero-order valence-electron chi connectivity index (χ0n) is 9.06. The summed E-state index contributed by atoms with van der Waals surface area (Å²) >= 11 is 0. The molecule has 94 valence electrons. The second-order valence-electron chi connectivity index (χ2n) is 3.54. The Hall–Kier alpha value is -1.02. The maximum absolute atomic E-state index is 13.8. The largest absolute Gasteiger partial charge is 0.460 e. The lowest BCUT2D eigenvalue weighted by Crippen LogP contribution is -2.45. The molecule has 0 amide bonds. The molecule has 6 nitrogen and oxygen atoms in total. The molecule has 0 aromatic heterocycles. The van der Waals surface area contributed by atoms with E-state index in [0.29, 0.717) is 0 Å². The summed E-state index contributed by atoms with van der Waals surface area (Å²) in [6.07, 6.45) is -2.05. The van der Waals surface area contributed by atoms with Crippen LogP contribution in [0.3, 0.4) is 0 Å². The number of Topliss-reactive ketones (excluding diaryl/α,β-unsaturated/α-hetero) is 1. The monoisotopic (exact) mass is 256 g/mol. The molecule has 0 spiro atoms. The summed E-state index contributed by atoms with van der Waals surface area (Å²) in [5.74, 6) is -2.69. The Bertz CT molecular complexity index is 387. The molecule has 0 aliphatic rings. The van der Waals surface area contributed by atoms with Gasteiger partial charge in [-0.2, -0.15) is 8.42 Å². The highest BCUT2D eigenvalue weighted by Crippen LogP contribution is 2.26. The normalized spacial score (nSPS) is 15.6. The van der Waals surface area contributed by atoms with Crippen molar-refractivity contribution in [3.63, 3.8) is 0 Å². The van der Waals surface area contributed by atoms with Gasteiger partial charge in [-0.25, -0.2) is 9.18 Å². The van der Waals surface area contributed by atoms with Crippen molar-refractivity contribution in [3.8, 4) is 0 Å². The van der Waals surface area contributed by atoms with Crippen molar-refractivity contribution in [1.29, 1.82) is 0 Å². The minimum absolute atomic E-state index is 0.767. The summed E-state index contributed by atoms with van der Waals surface area (Å²) < 4.78 is 48.2. The zero-order chi connectivity index (χ0) is 13.1. The molecule has 8 heteroatoms. The number of alkyl halides is 1. The molecular formula is C8H13FO6S. The Labute approximate surface area is 92.5 Å². The number of ketones is 1. The average Bonchev–Trinajstić information content (AvgIpc) is 1.98. The minimum Gasteiger partial charge on any atom is -0.460 e. The maximum Gasteiger partial charge on any atom is 0.363 e. The van der Waals surface area contributed by atoms with Crippen LogP contribution in [0.25, 0.3) is 0 Å². The number of carbonyl (C=O) groups excluding carboxylic acids is 2. The van der Waals surface area contributed by atoms with Gasteiger partial charge in [0.1, 0.15) is 5.78 Å². The van der Waals surface area contributed by atoms with Crippen molar-refractivity contribution in [1.82, 2.24) is 0 Å². The van der Waals surface area contributed by atoms with Crippen molar-refractivity contribution in [2.24, 2.45) is 0 Å². The Morgan fingerprint density at radius 1 is 1.44 bits per heavy atom. The summed E-state index contributed by atoms with van der Waals surface area (Å²) in [5, 5.41) is -3.73. The number of ether oxygens (including phenoxy) is 1. The topological polar surface area (TPSA) is 97.7 Å². The minimum atomic E-state index is -5.37. The number of hydrogen-bond donors (Lipinski definition) is 1. The van der Waals surface area contributed by atoms with Crippen LogP contribution in [0.5, 0.6) is 0 Å². The molecule has 1 atom stereocenters. The van der Waals surface area contributed by atoms with Crippen LogP contribution in [0.1, 0.15) is 27.2 Å². The van der Waals surface area contributed by atoms with E-state index in [2.05, 4.69) is 4.74 Å². The molecule has 0 saturated heterocycles. The smallest absolute Gasteiger partial charge is 0.363 e. The third-order valence-corrected chi connectivity index (χ3v) is 2.66. The summed E-state index contributed by atoms with van der Waals surface area (Å²) in [7, 11) is -5.37. The number of halogens is 1. The van der Waals surface area contributed by atoms with E-state index in [0.717, 1.165) is 6.92 Å². The van der Waals surface area contributed by atoms with Crippen LogP contribution >= 0.6 is 0 Å². The fraction of sp³-hybridized carbons (Fsp3) is 0.750. The quantitative estimate of drug-likeness (QED) is 0.567. The van der Waals surface area contributed by atoms with Crippen molar-refractivity contribution in [3.05, 3.63) is 0 Å². The zero-order valence-corrected chi connectivity index (χ0v) is 9.88. The van der Waals surface area contributed by atoms with Gasteiger partial charge < -0.3 is 4.74 Å². The third kappa shape index (κ3) is 3.53. The molecule has 0 aliphatic carbocycles. The Morgan fingerprint density at radius 3 is 2.12 bits per heavy atom.